The Bertz CT molecular complexity index is 780. The van der Waals surface area contributed by atoms with Crippen LogP contribution in [0.25, 0.3) is 0 Å². The highest BCUT2D eigenvalue weighted by molar-refractivity contribution is 5.73. The molecule has 4 heteroatoms. The summed E-state index contributed by atoms with van der Waals surface area (Å²) in [7, 11) is 0. The van der Waals surface area contributed by atoms with Crippen LogP contribution >= 0.6 is 0 Å². The third-order valence-electron chi connectivity index (χ3n) is 7.20. The second-order valence-corrected chi connectivity index (χ2v) is 10.9. The van der Waals surface area contributed by atoms with E-state index in [1.807, 2.05) is 24.3 Å². The maximum atomic E-state index is 10.6. The van der Waals surface area contributed by atoms with E-state index in [9.17, 15) is 15.0 Å². The van der Waals surface area contributed by atoms with Gasteiger partial charge in [0, 0.05) is 11.8 Å². The van der Waals surface area contributed by atoms with E-state index in [0.29, 0.717) is 6.42 Å². The van der Waals surface area contributed by atoms with E-state index in [1.165, 1.54) is 89.9 Å². The van der Waals surface area contributed by atoms with Crippen LogP contribution in [-0.2, 0) is 10.2 Å². The second-order valence-electron chi connectivity index (χ2n) is 10.9. The lowest BCUT2D eigenvalue weighted by Crippen LogP contribution is -2.18. The fraction of sp³-hybridized carbons (Fsp3) is 0.606. The number of nitrogens with two attached hydrogens (primary N) is 1. The smallest absolute Gasteiger partial charge is 0.217 e. The molecule has 0 saturated heterocycles. The molecule has 2 aromatic rings. The molecule has 0 radical (unpaired) electrons. The van der Waals surface area contributed by atoms with Gasteiger partial charge in [0.2, 0.25) is 5.91 Å². The Morgan fingerprint density at radius 2 is 0.892 bits per heavy atom. The van der Waals surface area contributed by atoms with Crippen molar-refractivity contribution in [3.63, 3.8) is 0 Å². The Hall–Kier alpha value is -2.49. The summed E-state index contributed by atoms with van der Waals surface area (Å²) in [5.74, 6) is 0.394. The zero-order valence-corrected chi connectivity index (χ0v) is 23.8. The second kappa shape index (κ2) is 19.6. The minimum atomic E-state index is -0.153. The molecule has 0 saturated carbocycles. The Balaban J connectivity index is 0.000000373. The highest BCUT2D eigenvalue weighted by Gasteiger charge is 2.22. The summed E-state index contributed by atoms with van der Waals surface area (Å²) < 4.78 is 0. The van der Waals surface area contributed by atoms with Gasteiger partial charge in [-0.05, 0) is 41.8 Å². The van der Waals surface area contributed by atoms with Gasteiger partial charge in [-0.25, -0.2) is 0 Å². The van der Waals surface area contributed by atoms with Crippen LogP contribution in [0.5, 0.6) is 11.5 Å². The SMILES string of the molecule is CC(C)(c1ccc(O)cc1)c1ccc(O)cc1.CCCCCCCCCCCCCCCCCC(N)=O. The predicted octanol–water partition coefficient (Wildman–Crippen LogP) is 9.16. The fourth-order valence-corrected chi connectivity index (χ4v) is 4.59. The first-order valence-electron chi connectivity index (χ1n) is 14.6. The van der Waals surface area contributed by atoms with Gasteiger partial charge in [-0.2, -0.15) is 0 Å². The number of rotatable bonds is 18. The van der Waals surface area contributed by atoms with Crippen molar-refractivity contribution in [3.8, 4) is 11.5 Å². The van der Waals surface area contributed by atoms with Crippen molar-refractivity contribution >= 4 is 5.91 Å². The van der Waals surface area contributed by atoms with E-state index in [4.69, 9.17) is 5.73 Å². The van der Waals surface area contributed by atoms with Crippen LogP contribution in [0.4, 0.5) is 0 Å². The first kappa shape index (κ1) is 32.5. The monoisotopic (exact) mass is 511 g/mol. The molecule has 1 amide bonds. The number of phenolic OH excluding ortho intramolecular Hbond substituents is 2. The molecule has 2 rings (SSSR count). The molecular weight excluding hydrogens is 458 g/mol. The summed E-state index contributed by atoms with van der Waals surface area (Å²) in [6.45, 7) is 6.51. The third-order valence-corrected chi connectivity index (χ3v) is 7.20. The number of amides is 1. The van der Waals surface area contributed by atoms with Gasteiger partial charge in [0.1, 0.15) is 11.5 Å². The number of primary amides is 1. The van der Waals surface area contributed by atoms with Gasteiger partial charge in [0.15, 0.2) is 0 Å². The normalized spacial score (nSPS) is 11.1. The molecule has 0 atom stereocenters. The minimum absolute atomic E-state index is 0.151. The van der Waals surface area contributed by atoms with Gasteiger partial charge in [-0.15, -0.1) is 0 Å². The number of aromatic hydroxyl groups is 2. The standard InChI is InChI=1S/C18H37NO.C15H16O2/c1-2-3-4-5-6-7-8-9-10-11-12-13-14-15-16-17-18(19)20;1-15(2,11-3-7-13(16)8-4-11)12-5-9-14(17)10-6-12/h2-17H2,1H3,(H2,19,20);3-10,16-17H,1-2H3. The van der Waals surface area contributed by atoms with Crippen molar-refractivity contribution in [2.45, 2.75) is 129 Å². The van der Waals surface area contributed by atoms with Crippen LogP contribution in [0.1, 0.15) is 135 Å². The van der Waals surface area contributed by atoms with Crippen LogP contribution in [0.15, 0.2) is 48.5 Å². The van der Waals surface area contributed by atoms with Crippen LogP contribution in [0.2, 0.25) is 0 Å². The molecular formula is C33H53NO3. The molecule has 0 aliphatic carbocycles. The van der Waals surface area contributed by atoms with Gasteiger partial charge >= 0.3 is 0 Å². The van der Waals surface area contributed by atoms with Gasteiger partial charge in [0.25, 0.3) is 0 Å². The van der Waals surface area contributed by atoms with Crippen molar-refractivity contribution in [1.29, 1.82) is 0 Å². The van der Waals surface area contributed by atoms with Crippen LogP contribution in [0.3, 0.4) is 0 Å². The average molecular weight is 512 g/mol. The summed E-state index contributed by atoms with van der Waals surface area (Å²) in [6, 6.07) is 14.4. The fourth-order valence-electron chi connectivity index (χ4n) is 4.59. The molecule has 0 bridgehead atoms. The van der Waals surface area contributed by atoms with Crippen molar-refractivity contribution in [2.24, 2.45) is 5.73 Å². The molecule has 4 N–H and O–H groups in total. The van der Waals surface area contributed by atoms with Crippen molar-refractivity contribution in [1.82, 2.24) is 0 Å². The van der Waals surface area contributed by atoms with E-state index in [2.05, 4.69) is 20.8 Å². The zero-order valence-electron chi connectivity index (χ0n) is 23.8. The van der Waals surface area contributed by atoms with E-state index < -0.39 is 0 Å². The Kier molecular flexibility index (Phi) is 17.2. The molecule has 0 aromatic heterocycles. The lowest BCUT2D eigenvalue weighted by Gasteiger charge is -2.26. The summed E-state index contributed by atoms with van der Waals surface area (Å²) in [6.07, 6.45) is 20.9. The lowest BCUT2D eigenvalue weighted by molar-refractivity contribution is -0.118. The maximum absolute atomic E-state index is 10.6. The number of benzene rings is 2. The zero-order chi connectivity index (χ0) is 27.4. The van der Waals surface area contributed by atoms with Crippen LogP contribution in [0, 0.1) is 0 Å². The molecule has 0 fully saturated rings. The highest BCUT2D eigenvalue weighted by Crippen LogP contribution is 2.32. The number of hydrogen-bond donors (Lipinski definition) is 3. The summed E-state index contributed by atoms with van der Waals surface area (Å²) in [5, 5.41) is 18.6. The molecule has 4 nitrogen and oxygen atoms in total. The summed E-state index contributed by atoms with van der Waals surface area (Å²) >= 11 is 0. The van der Waals surface area contributed by atoms with Gasteiger partial charge in [-0.1, -0.05) is 135 Å². The maximum Gasteiger partial charge on any atom is 0.217 e. The Labute approximate surface area is 226 Å². The lowest BCUT2D eigenvalue weighted by atomic mass is 9.78. The van der Waals surface area contributed by atoms with Gasteiger partial charge in [0.05, 0.1) is 0 Å². The van der Waals surface area contributed by atoms with E-state index in [-0.39, 0.29) is 22.8 Å². The van der Waals surface area contributed by atoms with E-state index >= 15 is 0 Å². The highest BCUT2D eigenvalue weighted by atomic mass is 16.3. The first-order valence-corrected chi connectivity index (χ1v) is 14.6. The molecule has 0 aliphatic heterocycles. The van der Waals surface area contributed by atoms with Crippen molar-refractivity contribution < 1.29 is 15.0 Å². The number of hydrogen-bond acceptors (Lipinski definition) is 3. The van der Waals surface area contributed by atoms with Crippen LogP contribution < -0.4 is 5.73 Å². The Morgan fingerprint density at radius 3 is 1.19 bits per heavy atom. The number of unbranched alkanes of at least 4 members (excludes halogenated alkanes) is 14. The molecule has 0 heterocycles. The van der Waals surface area contributed by atoms with Gasteiger partial charge < -0.3 is 15.9 Å². The van der Waals surface area contributed by atoms with E-state index in [1.54, 1.807) is 24.3 Å². The van der Waals surface area contributed by atoms with E-state index in [0.717, 1.165) is 17.5 Å². The Morgan fingerprint density at radius 1 is 0.595 bits per heavy atom. The molecule has 0 unspecified atom stereocenters. The molecule has 2 aromatic carbocycles. The molecule has 37 heavy (non-hydrogen) atoms. The first-order chi connectivity index (χ1) is 17.8. The largest absolute Gasteiger partial charge is 0.508 e. The van der Waals surface area contributed by atoms with Crippen LogP contribution in [-0.4, -0.2) is 16.1 Å². The summed E-state index contributed by atoms with van der Waals surface area (Å²) in [4.78, 5) is 10.6. The number of carbonyl (C=O) groups is 1. The predicted molar refractivity (Wildman–Crippen MR) is 157 cm³/mol. The number of phenols is 2. The molecule has 208 valence electrons. The van der Waals surface area contributed by atoms with Crippen molar-refractivity contribution in [3.05, 3.63) is 59.7 Å². The topological polar surface area (TPSA) is 83.6 Å². The quantitative estimate of drug-likeness (QED) is 0.174. The van der Waals surface area contributed by atoms with Gasteiger partial charge in [-0.3, -0.25) is 4.79 Å². The summed E-state index contributed by atoms with van der Waals surface area (Å²) in [5.41, 5.74) is 7.21. The number of carbonyl (C=O) groups excluding carboxylic acids is 1. The molecule has 0 aliphatic rings. The molecule has 0 spiro atoms. The minimum Gasteiger partial charge on any atom is -0.508 e. The van der Waals surface area contributed by atoms with Crippen molar-refractivity contribution in [2.75, 3.05) is 0 Å². The third kappa shape index (κ3) is 15.4. The average Bonchev–Trinajstić information content (AvgIpc) is 2.87.